The maximum atomic E-state index is 12.6. The van der Waals surface area contributed by atoms with Gasteiger partial charge in [0.15, 0.2) is 5.25 Å². The summed E-state index contributed by atoms with van der Waals surface area (Å²) < 4.78 is 66.7. The molecule has 0 bridgehead atoms. The maximum Gasteiger partial charge on any atom is 0.327 e. The lowest BCUT2D eigenvalue weighted by molar-refractivity contribution is -0.150. The van der Waals surface area contributed by atoms with E-state index in [4.69, 9.17) is 28.4 Å². The van der Waals surface area contributed by atoms with Crippen LogP contribution in [0.25, 0.3) is 0 Å². The molecule has 0 aliphatic carbocycles. The van der Waals surface area contributed by atoms with Crippen LogP contribution >= 0.6 is 0 Å². The fourth-order valence-electron chi connectivity index (χ4n) is 6.12. The topological polar surface area (TPSA) is 193 Å². The summed E-state index contributed by atoms with van der Waals surface area (Å²) in [6.45, 7) is 9.34. The Hall–Kier alpha value is -5.87. The molecule has 16 heteroatoms. The van der Waals surface area contributed by atoms with Crippen LogP contribution in [0.1, 0.15) is 85.5 Å². The lowest BCUT2D eigenvalue weighted by Crippen LogP contribution is -2.35. The normalized spacial score (nSPS) is 13.0. The molecule has 0 aliphatic heterocycles. The van der Waals surface area contributed by atoms with Crippen molar-refractivity contribution in [3.05, 3.63) is 97.1 Å². The van der Waals surface area contributed by atoms with E-state index in [0.717, 1.165) is 37.2 Å². The van der Waals surface area contributed by atoms with Crippen molar-refractivity contribution >= 4 is 44.8 Å². The highest BCUT2D eigenvalue weighted by atomic mass is 32.2. The molecule has 15 nitrogen and oxygen atoms in total. The smallest absolute Gasteiger partial charge is 0.327 e. The molecule has 346 valence electrons. The molecule has 4 rings (SSSR count). The fourth-order valence-corrected chi connectivity index (χ4v) is 6.78. The van der Waals surface area contributed by atoms with Gasteiger partial charge in [-0.2, -0.15) is 28.9 Å². The molecule has 0 radical (unpaired) electrons. The Balaban J connectivity index is 1.11. The first kappa shape index (κ1) is 50.8. The van der Waals surface area contributed by atoms with Gasteiger partial charge >= 0.3 is 11.9 Å². The van der Waals surface area contributed by atoms with Gasteiger partial charge in [-0.1, -0.05) is 66.2 Å². The molecule has 0 aromatic heterocycles. The number of benzene rings is 4. The summed E-state index contributed by atoms with van der Waals surface area (Å²) in [5, 5.41) is 14.9. The van der Waals surface area contributed by atoms with Gasteiger partial charge in [0.2, 0.25) is 0 Å². The van der Waals surface area contributed by atoms with E-state index in [1.807, 2.05) is 48.5 Å². The van der Waals surface area contributed by atoms with Crippen molar-refractivity contribution in [1.29, 1.82) is 0 Å². The number of unbranched alkanes of at least 4 members (excludes halogenated alkanes) is 2. The van der Waals surface area contributed by atoms with Gasteiger partial charge in [0.25, 0.3) is 10.1 Å². The molecule has 0 saturated heterocycles. The molecule has 0 spiro atoms. The summed E-state index contributed by atoms with van der Waals surface area (Å²) in [6, 6.07) is 28.3. The van der Waals surface area contributed by atoms with Crippen molar-refractivity contribution in [2.45, 2.75) is 90.7 Å². The maximum absolute atomic E-state index is 12.6. The van der Waals surface area contributed by atoms with Gasteiger partial charge in [-0.15, -0.1) is 0 Å². The Kier molecular flexibility index (Phi) is 22.2. The van der Waals surface area contributed by atoms with Gasteiger partial charge in [-0.05, 0) is 122 Å². The van der Waals surface area contributed by atoms with Gasteiger partial charge in [0, 0.05) is 0 Å². The third kappa shape index (κ3) is 19.3. The van der Waals surface area contributed by atoms with Crippen LogP contribution in [0, 0.1) is 11.8 Å². The number of carbonyl (C=O) groups is 2. The second-order valence-electron chi connectivity index (χ2n) is 15.1. The van der Waals surface area contributed by atoms with E-state index in [1.165, 1.54) is 25.7 Å². The molecule has 3 unspecified atom stereocenters. The summed E-state index contributed by atoms with van der Waals surface area (Å²) in [6.07, 6.45) is 8.30. The standard InChI is InChI=1S/C48H62N4O11S/c1-5-9-11-36(7-3)34-62-44-25-17-40(18-26-44)51-49-38-13-21-42(22-14-38)58-29-31-60-47(53)33-46(64(55,56)57)48(54)61-32-30-59-43-23-15-39(16-24-43)50-52-41-19-27-45(28-20-41)63-35-37(8-4)12-10-6-2/h13-28,36-37,46H,5-12,29-35H2,1-4H3,(H,55,56,57). The van der Waals surface area contributed by atoms with Crippen LogP contribution in [0.3, 0.4) is 0 Å². The monoisotopic (exact) mass is 902 g/mol. The Labute approximate surface area is 377 Å². The summed E-state index contributed by atoms with van der Waals surface area (Å²) >= 11 is 0. The summed E-state index contributed by atoms with van der Waals surface area (Å²) in [5.74, 6) is 1.19. The number of carbonyl (C=O) groups excluding carboxylic acids is 2. The Morgan fingerprint density at radius 1 is 0.516 bits per heavy atom. The van der Waals surface area contributed by atoms with Crippen molar-refractivity contribution in [1.82, 2.24) is 0 Å². The molecular formula is C48H62N4O11S. The number of hydrogen-bond donors (Lipinski definition) is 1. The predicted octanol–water partition coefficient (Wildman–Crippen LogP) is 11.9. The number of nitrogens with zero attached hydrogens (tertiary/aromatic N) is 4. The second kappa shape index (κ2) is 28.0. The minimum atomic E-state index is -5.00. The Morgan fingerprint density at radius 2 is 0.859 bits per heavy atom. The van der Waals surface area contributed by atoms with Crippen LogP contribution < -0.4 is 18.9 Å². The Bertz CT molecular complexity index is 2130. The third-order valence-corrected chi connectivity index (χ3v) is 11.2. The molecule has 4 aromatic rings. The number of rotatable bonds is 30. The number of azo groups is 2. The highest BCUT2D eigenvalue weighted by Crippen LogP contribution is 2.26. The van der Waals surface area contributed by atoms with E-state index in [0.29, 0.717) is 59.3 Å². The van der Waals surface area contributed by atoms with Crippen molar-refractivity contribution in [3.63, 3.8) is 0 Å². The summed E-state index contributed by atoms with van der Waals surface area (Å²) in [4.78, 5) is 25.0. The number of esters is 2. The average molecular weight is 903 g/mol. The Morgan fingerprint density at radius 3 is 1.19 bits per heavy atom. The van der Waals surface area contributed by atoms with E-state index >= 15 is 0 Å². The first-order valence-electron chi connectivity index (χ1n) is 22.0. The van der Waals surface area contributed by atoms with Gasteiger partial charge in [0.1, 0.15) is 49.4 Å². The zero-order valence-corrected chi connectivity index (χ0v) is 38.1. The fraction of sp³-hybridized carbons (Fsp3) is 0.458. The van der Waals surface area contributed by atoms with Gasteiger partial charge in [-0.25, -0.2) is 0 Å². The van der Waals surface area contributed by atoms with Crippen LogP contribution in [-0.2, 0) is 29.2 Å². The van der Waals surface area contributed by atoms with E-state index in [1.54, 1.807) is 48.5 Å². The largest absolute Gasteiger partial charge is 0.493 e. The average Bonchev–Trinajstić information content (AvgIpc) is 3.30. The van der Waals surface area contributed by atoms with Gasteiger partial charge in [0.05, 0.1) is 42.4 Å². The van der Waals surface area contributed by atoms with Gasteiger partial charge < -0.3 is 28.4 Å². The van der Waals surface area contributed by atoms with Crippen LogP contribution in [0.2, 0.25) is 0 Å². The first-order valence-corrected chi connectivity index (χ1v) is 23.5. The van der Waals surface area contributed by atoms with E-state index in [-0.39, 0.29) is 26.4 Å². The molecular weight excluding hydrogens is 841 g/mol. The molecule has 3 atom stereocenters. The zero-order valence-electron chi connectivity index (χ0n) is 37.3. The highest BCUT2D eigenvalue weighted by molar-refractivity contribution is 7.87. The lowest BCUT2D eigenvalue weighted by atomic mass is 10.0. The molecule has 4 aromatic carbocycles. The lowest BCUT2D eigenvalue weighted by Gasteiger charge is -2.15. The molecule has 0 saturated carbocycles. The zero-order chi connectivity index (χ0) is 46.0. The first-order chi connectivity index (χ1) is 31.0. The molecule has 64 heavy (non-hydrogen) atoms. The van der Waals surface area contributed by atoms with Crippen molar-refractivity contribution in [2.24, 2.45) is 32.3 Å². The molecule has 0 aliphatic rings. The van der Waals surface area contributed by atoms with Crippen LogP contribution in [0.15, 0.2) is 118 Å². The minimum Gasteiger partial charge on any atom is -0.493 e. The second-order valence-corrected chi connectivity index (χ2v) is 16.7. The van der Waals surface area contributed by atoms with E-state index in [2.05, 4.69) is 48.2 Å². The summed E-state index contributed by atoms with van der Waals surface area (Å²) in [7, 11) is -5.00. The van der Waals surface area contributed by atoms with Crippen LogP contribution in [0.5, 0.6) is 23.0 Å². The minimum absolute atomic E-state index is 0.0661. The van der Waals surface area contributed by atoms with Crippen molar-refractivity contribution in [2.75, 3.05) is 39.6 Å². The van der Waals surface area contributed by atoms with E-state index in [9.17, 15) is 22.6 Å². The SMILES string of the molecule is CCCCC(CC)COc1ccc(N=Nc2ccc(OCCOC(=O)CC(C(=O)OCCOc3ccc(N=Nc4ccc(OCC(CC)CCCC)cc4)cc3)S(=O)(=O)O)cc2)cc1. The molecule has 0 amide bonds. The van der Waals surface area contributed by atoms with Crippen molar-refractivity contribution < 1.29 is 51.0 Å². The molecule has 0 heterocycles. The van der Waals surface area contributed by atoms with Gasteiger partial charge in [-0.3, -0.25) is 14.1 Å². The highest BCUT2D eigenvalue weighted by Gasteiger charge is 2.35. The van der Waals surface area contributed by atoms with E-state index < -0.39 is 33.7 Å². The van der Waals surface area contributed by atoms with Crippen molar-refractivity contribution in [3.8, 4) is 23.0 Å². The molecule has 0 fully saturated rings. The quantitative estimate of drug-likeness (QED) is 0.0226. The number of ether oxygens (including phenoxy) is 6. The predicted molar refractivity (Wildman–Crippen MR) is 245 cm³/mol. The van der Waals surface area contributed by atoms with Crippen LogP contribution in [-0.4, -0.2) is 69.8 Å². The third-order valence-electron chi connectivity index (χ3n) is 10.2. The molecule has 1 N–H and O–H groups in total. The number of hydrogen-bond acceptors (Lipinski definition) is 14. The van der Waals surface area contributed by atoms with Crippen LogP contribution in [0.4, 0.5) is 22.7 Å². The summed E-state index contributed by atoms with van der Waals surface area (Å²) in [5.41, 5.74) is 2.50.